The average molecular weight is 247 g/mol. The summed E-state index contributed by atoms with van der Waals surface area (Å²) in [7, 11) is 0. The molecule has 1 aliphatic carbocycles. The Morgan fingerprint density at radius 1 is 1.39 bits per heavy atom. The summed E-state index contributed by atoms with van der Waals surface area (Å²) in [5.41, 5.74) is 3.31. The zero-order chi connectivity index (χ0) is 13.0. The molecule has 0 fully saturated rings. The summed E-state index contributed by atoms with van der Waals surface area (Å²) in [6.45, 7) is 4.86. The standard InChI is InChI=1S/C16H22FN/c1-12-7-8-15(11-16(12)17)13(2)18-10-9-14-5-3-4-6-14/h5,7-8,11,13,18H,3-4,6,9-10H2,1-2H3. The predicted octanol–water partition coefficient (Wildman–Crippen LogP) is 4.29. The third kappa shape index (κ3) is 3.42. The van der Waals surface area contributed by atoms with Gasteiger partial charge in [0.1, 0.15) is 5.82 Å². The molecule has 0 saturated carbocycles. The Morgan fingerprint density at radius 3 is 2.89 bits per heavy atom. The Balaban J connectivity index is 1.83. The second-order valence-electron chi connectivity index (χ2n) is 5.19. The monoisotopic (exact) mass is 247 g/mol. The van der Waals surface area contributed by atoms with E-state index in [1.807, 2.05) is 12.1 Å². The molecule has 2 rings (SSSR count). The van der Waals surface area contributed by atoms with Gasteiger partial charge < -0.3 is 5.32 Å². The largest absolute Gasteiger partial charge is 0.310 e. The van der Waals surface area contributed by atoms with Crippen LogP contribution in [0.25, 0.3) is 0 Å². The van der Waals surface area contributed by atoms with Crippen LogP contribution in [-0.2, 0) is 0 Å². The van der Waals surface area contributed by atoms with Crippen molar-refractivity contribution in [2.75, 3.05) is 6.54 Å². The molecule has 18 heavy (non-hydrogen) atoms. The van der Waals surface area contributed by atoms with E-state index in [0.717, 1.165) is 18.5 Å². The molecule has 1 aromatic carbocycles. The first-order valence-corrected chi connectivity index (χ1v) is 6.84. The van der Waals surface area contributed by atoms with Gasteiger partial charge in [-0.3, -0.25) is 0 Å². The summed E-state index contributed by atoms with van der Waals surface area (Å²) in [6.07, 6.45) is 7.30. The lowest BCUT2D eigenvalue weighted by Crippen LogP contribution is -2.20. The van der Waals surface area contributed by atoms with Crippen molar-refractivity contribution < 1.29 is 4.39 Å². The third-order valence-electron chi connectivity index (χ3n) is 3.73. The van der Waals surface area contributed by atoms with Gasteiger partial charge in [0.15, 0.2) is 0 Å². The summed E-state index contributed by atoms with van der Waals surface area (Å²) >= 11 is 0. The maximum Gasteiger partial charge on any atom is 0.126 e. The quantitative estimate of drug-likeness (QED) is 0.766. The van der Waals surface area contributed by atoms with E-state index in [-0.39, 0.29) is 11.9 Å². The first kappa shape index (κ1) is 13.3. The highest BCUT2D eigenvalue weighted by Gasteiger charge is 2.08. The van der Waals surface area contributed by atoms with Crippen LogP contribution in [0.15, 0.2) is 29.8 Å². The molecule has 0 radical (unpaired) electrons. The van der Waals surface area contributed by atoms with Crippen LogP contribution in [0.5, 0.6) is 0 Å². The van der Waals surface area contributed by atoms with E-state index in [2.05, 4.69) is 18.3 Å². The Morgan fingerprint density at radius 2 is 2.22 bits per heavy atom. The van der Waals surface area contributed by atoms with Crippen molar-refractivity contribution in [2.45, 2.75) is 45.6 Å². The number of aryl methyl sites for hydroxylation is 1. The van der Waals surface area contributed by atoms with Gasteiger partial charge >= 0.3 is 0 Å². The summed E-state index contributed by atoms with van der Waals surface area (Å²) in [5.74, 6) is -0.111. The molecule has 0 amide bonds. The van der Waals surface area contributed by atoms with E-state index in [4.69, 9.17) is 0 Å². The first-order valence-electron chi connectivity index (χ1n) is 6.84. The number of allylic oxidation sites excluding steroid dienone is 1. The minimum atomic E-state index is -0.111. The van der Waals surface area contributed by atoms with Crippen LogP contribution in [0, 0.1) is 12.7 Å². The number of benzene rings is 1. The van der Waals surface area contributed by atoms with Crippen molar-refractivity contribution in [2.24, 2.45) is 0 Å². The van der Waals surface area contributed by atoms with Crippen LogP contribution in [0.2, 0.25) is 0 Å². The highest BCUT2D eigenvalue weighted by Crippen LogP contribution is 2.21. The highest BCUT2D eigenvalue weighted by molar-refractivity contribution is 5.25. The van der Waals surface area contributed by atoms with E-state index < -0.39 is 0 Å². The average Bonchev–Trinajstić information content (AvgIpc) is 2.85. The Hall–Kier alpha value is -1.15. The zero-order valence-corrected chi connectivity index (χ0v) is 11.3. The fraction of sp³-hybridized carbons (Fsp3) is 0.500. The summed E-state index contributed by atoms with van der Waals surface area (Å²) in [5, 5.41) is 3.46. The van der Waals surface area contributed by atoms with Gasteiger partial charge in [-0.05, 0) is 63.3 Å². The first-order chi connectivity index (χ1) is 8.66. The number of nitrogens with one attached hydrogen (secondary N) is 1. The van der Waals surface area contributed by atoms with Crippen LogP contribution in [0.4, 0.5) is 4.39 Å². The van der Waals surface area contributed by atoms with Crippen molar-refractivity contribution in [1.82, 2.24) is 5.32 Å². The van der Waals surface area contributed by atoms with Crippen LogP contribution in [0.3, 0.4) is 0 Å². The molecule has 0 spiro atoms. The predicted molar refractivity (Wildman–Crippen MR) is 74.1 cm³/mol. The molecule has 1 aliphatic rings. The van der Waals surface area contributed by atoms with E-state index in [9.17, 15) is 4.39 Å². The topological polar surface area (TPSA) is 12.0 Å². The van der Waals surface area contributed by atoms with E-state index in [1.54, 1.807) is 18.6 Å². The lowest BCUT2D eigenvalue weighted by molar-refractivity contribution is 0.562. The third-order valence-corrected chi connectivity index (χ3v) is 3.73. The molecular formula is C16H22FN. The molecule has 1 N–H and O–H groups in total. The number of rotatable bonds is 5. The highest BCUT2D eigenvalue weighted by atomic mass is 19.1. The van der Waals surface area contributed by atoms with E-state index in [0.29, 0.717) is 5.56 Å². The minimum Gasteiger partial charge on any atom is -0.310 e. The van der Waals surface area contributed by atoms with Gasteiger partial charge in [0, 0.05) is 6.04 Å². The van der Waals surface area contributed by atoms with E-state index in [1.165, 1.54) is 19.3 Å². The van der Waals surface area contributed by atoms with Gasteiger partial charge in [0.05, 0.1) is 0 Å². The van der Waals surface area contributed by atoms with Crippen molar-refractivity contribution >= 4 is 0 Å². The van der Waals surface area contributed by atoms with Crippen molar-refractivity contribution in [3.63, 3.8) is 0 Å². The maximum atomic E-state index is 13.5. The molecule has 0 saturated heterocycles. The molecule has 0 aliphatic heterocycles. The fourth-order valence-electron chi connectivity index (χ4n) is 2.41. The summed E-state index contributed by atoms with van der Waals surface area (Å²) < 4.78 is 13.5. The SMILES string of the molecule is Cc1ccc(C(C)NCCC2=CCCC2)cc1F. The number of hydrogen-bond donors (Lipinski definition) is 1. The molecule has 2 heteroatoms. The summed E-state index contributed by atoms with van der Waals surface area (Å²) in [4.78, 5) is 0. The Labute approximate surface area is 109 Å². The molecule has 1 atom stereocenters. The fourth-order valence-corrected chi connectivity index (χ4v) is 2.41. The maximum absolute atomic E-state index is 13.5. The normalized spacial score (nSPS) is 16.7. The molecule has 1 nitrogen and oxygen atoms in total. The summed E-state index contributed by atoms with van der Waals surface area (Å²) in [6, 6.07) is 5.71. The molecule has 98 valence electrons. The van der Waals surface area contributed by atoms with Gasteiger partial charge in [0.2, 0.25) is 0 Å². The second-order valence-corrected chi connectivity index (χ2v) is 5.19. The molecule has 0 heterocycles. The van der Waals surface area contributed by atoms with Crippen molar-refractivity contribution in [1.29, 1.82) is 0 Å². The Kier molecular flexibility index (Phi) is 4.54. The zero-order valence-electron chi connectivity index (χ0n) is 11.3. The van der Waals surface area contributed by atoms with Gasteiger partial charge in [-0.15, -0.1) is 0 Å². The van der Waals surface area contributed by atoms with Crippen molar-refractivity contribution in [3.05, 3.63) is 46.8 Å². The minimum absolute atomic E-state index is 0.111. The number of hydrogen-bond acceptors (Lipinski definition) is 1. The van der Waals surface area contributed by atoms with Gasteiger partial charge in [0.25, 0.3) is 0 Å². The van der Waals surface area contributed by atoms with Gasteiger partial charge in [-0.1, -0.05) is 23.8 Å². The van der Waals surface area contributed by atoms with Crippen LogP contribution in [-0.4, -0.2) is 6.54 Å². The lowest BCUT2D eigenvalue weighted by atomic mass is 10.1. The van der Waals surface area contributed by atoms with Crippen LogP contribution in [0.1, 0.15) is 49.8 Å². The van der Waals surface area contributed by atoms with Crippen LogP contribution >= 0.6 is 0 Å². The molecule has 1 unspecified atom stereocenters. The lowest BCUT2D eigenvalue weighted by Gasteiger charge is -2.15. The molecular weight excluding hydrogens is 225 g/mol. The molecule has 0 aromatic heterocycles. The van der Waals surface area contributed by atoms with Crippen LogP contribution < -0.4 is 5.32 Å². The molecule has 1 aromatic rings. The number of halogens is 1. The van der Waals surface area contributed by atoms with Crippen molar-refractivity contribution in [3.8, 4) is 0 Å². The van der Waals surface area contributed by atoms with Gasteiger partial charge in [-0.25, -0.2) is 4.39 Å². The Bertz CT molecular complexity index is 437. The smallest absolute Gasteiger partial charge is 0.126 e. The second kappa shape index (κ2) is 6.14. The van der Waals surface area contributed by atoms with Gasteiger partial charge in [-0.2, -0.15) is 0 Å². The molecule has 0 bridgehead atoms. The van der Waals surface area contributed by atoms with E-state index >= 15 is 0 Å².